The van der Waals surface area contributed by atoms with Crippen LogP contribution in [0, 0.1) is 5.82 Å². The maximum absolute atomic E-state index is 14.0. The SMILES string of the molecule is Fc1cccc(Cl)c1COc1ccccc1CN1CCN(CCn2cncn2)CC1. The Morgan fingerprint density at radius 3 is 2.53 bits per heavy atom. The van der Waals surface area contributed by atoms with E-state index in [0.29, 0.717) is 10.6 Å². The Hall–Kier alpha value is -2.48. The molecule has 0 aliphatic carbocycles. The van der Waals surface area contributed by atoms with Gasteiger partial charge in [-0.1, -0.05) is 35.9 Å². The maximum atomic E-state index is 14.0. The first kappa shape index (κ1) is 20.8. The fourth-order valence-corrected chi connectivity index (χ4v) is 3.82. The van der Waals surface area contributed by atoms with E-state index in [0.717, 1.165) is 57.1 Å². The predicted octanol–water partition coefficient (Wildman–Crippen LogP) is 3.47. The van der Waals surface area contributed by atoms with Crippen LogP contribution in [0.25, 0.3) is 0 Å². The number of hydrogen-bond donors (Lipinski definition) is 0. The van der Waals surface area contributed by atoms with Crippen LogP contribution in [0.1, 0.15) is 11.1 Å². The molecule has 2 heterocycles. The molecule has 0 radical (unpaired) electrons. The lowest BCUT2D eigenvalue weighted by atomic mass is 10.1. The van der Waals surface area contributed by atoms with Crippen molar-refractivity contribution in [2.45, 2.75) is 19.7 Å². The lowest BCUT2D eigenvalue weighted by molar-refractivity contribution is 0.122. The van der Waals surface area contributed by atoms with Crippen LogP contribution in [-0.2, 0) is 19.7 Å². The summed E-state index contributed by atoms with van der Waals surface area (Å²) >= 11 is 6.12. The Bertz CT molecular complexity index is 924. The normalized spacial score (nSPS) is 15.4. The van der Waals surface area contributed by atoms with Crippen molar-refractivity contribution in [2.75, 3.05) is 32.7 Å². The van der Waals surface area contributed by atoms with Crippen LogP contribution in [0.5, 0.6) is 5.75 Å². The van der Waals surface area contributed by atoms with Crippen LogP contribution in [-0.4, -0.2) is 57.3 Å². The van der Waals surface area contributed by atoms with Crippen molar-refractivity contribution in [3.05, 3.63) is 77.1 Å². The van der Waals surface area contributed by atoms with E-state index in [2.05, 4.69) is 25.9 Å². The number of ether oxygens (including phenoxy) is 1. The van der Waals surface area contributed by atoms with E-state index >= 15 is 0 Å². The molecular formula is C22H25ClFN5O. The molecule has 158 valence electrons. The summed E-state index contributed by atoms with van der Waals surface area (Å²) in [6.07, 6.45) is 3.32. The number of nitrogens with zero attached hydrogens (tertiary/aromatic N) is 5. The van der Waals surface area contributed by atoms with Gasteiger partial charge in [0.1, 0.15) is 30.8 Å². The zero-order valence-electron chi connectivity index (χ0n) is 16.8. The Morgan fingerprint density at radius 1 is 0.967 bits per heavy atom. The highest BCUT2D eigenvalue weighted by atomic mass is 35.5. The smallest absolute Gasteiger partial charge is 0.137 e. The minimum atomic E-state index is -0.345. The molecule has 0 spiro atoms. The number of halogens is 2. The third-order valence-corrected chi connectivity index (χ3v) is 5.73. The van der Waals surface area contributed by atoms with Crippen LogP contribution in [0.4, 0.5) is 4.39 Å². The first-order valence-electron chi connectivity index (χ1n) is 10.1. The maximum Gasteiger partial charge on any atom is 0.137 e. The van der Waals surface area contributed by atoms with Gasteiger partial charge in [0.25, 0.3) is 0 Å². The molecule has 0 bridgehead atoms. The second-order valence-electron chi connectivity index (χ2n) is 7.37. The third kappa shape index (κ3) is 5.36. The zero-order valence-corrected chi connectivity index (χ0v) is 17.5. The van der Waals surface area contributed by atoms with Crippen LogP contribution >= 0.6 is 11.6 Å². The van der Waals surface area contributed by atoms with E-state index in [9.17, 15) is 4.39 Å². The molecule has 6 nitrogen and oxygen atoms in total. The van der Waals surface area contributed by atoms with Gasteiger partial charge in [0.15, 0.2) is 0 Å². The Morgan fingerprint density at radius 2 is 1.77 bits per heavy atom. The second kappa shape index (κ2) is 10.0. The van der Waals surface area contributed by atoms with E-state index in [1.165, 1.54) is 6.07 Å². The average Bonchev–Trinajstić information content (AvgIpc) is 3.28. The highest BCUT2D eigenvalue weighted by Gasteiger charge is 2.18. The molecular weight excluding hydrogens is 405 g/mol. The topological polar surface area (TPSA) is 46.4 Å². The second-order valence-corrected chi connectivity index (χ2v) is 7.78. The predicted molar refractivity (Wildman–Crippen MR) is 114 cm³/mol. The van der Waals surface area contributed by atoms with Gasteiger partial charge in [0, 0.05) is 50.4 Å². The molecule has 1 aromatic heterocycles. The fraction of sp³-hybridized carbons (Fsp3) is 0.364. The summed E-state index contributed by atoms with van der Waals surface area (Å²) in [5.74, 6) is 0.424. The minimum Gasteiger partial charge on any atom is -0.488 e. The molecule has 0 amide bonds. The van der Waals surface area contributed by atoms with Gasteiger partial charge in [0.05, 0.1) is 11.6 Å². The number of para-hydroxylation sites is 1. The Labute approximate surface area is 180 Å². The van der Waals surface area contributed by atoms with Crippen molar-refractivity contribution >= 4 is 11.6 Å². The first-order chi connectivity index (χ1) is 14.7. The molecule has 0 atom stereocenters. The van der Waals surface area contributed by atoms with Gasteiger partial charge in [-0.05, 0) is 18.2 Å². The van der Waals surface area contributed by atoms with E-state index in [-0.39, 0.29) is 12.4 Å². The van der Waals surface area contributed by atoms with Crippen molar-refractivity contribution < 1.29 is 9.13 Å². The molecule has 0 saturated carbocycles. The molecule has 0 N–H and O–H groups in total. The van der Waals surface area contributed by atoms with Crippen LogP contribution in [0.15, 0.2) is 55.1 Å². The largest absolute Gasteiger partial charge is 0.488 e. The van der Waals surface area contributed by atoms with Gasteiger partial charge in [-0.2, -0.15) is 5.10 Å². The van der Waals surface area contributed by atoms with E-state index < -0.39 is 0 Å². The summed E-state index contributed by atoms with van der Waals surface area (Å²) in [4.78, 5) is 8.85. The highest BCUT2D eigenvalue weighted by Crippen LogP contribution is 2.25. The molecule has 0 unspecified atom stereocenters. The molecule has 3 aromatic rings. The molecule has 30 heavy (non-hydrogen) atoms. The third-order valence-electron chi connectivity index (χ3n) is 5.38. The van der Waals surface area contributed by atoms with Crippen LogP contribution in [0.2, 0.25) is 5.02 Å². The quantitative estimate of drug-likeness (QED) is 0.548. The summed E-state index contributed by atoms with van der Waals surface area (Å²) in [6.45, 7) is 6.76. The van der Waals surface area contributed by atoms with Gasteiger partial charge >= 0.3 is 0 Å². The summed E-state index contributed by atoms with van der Waals surface area (Å²) in [6, 6.07) is 12.6. The zero-order chi connectivity index (χ0) is 20.8. The summed E-state index contributed by atoms with van der Waals surface area (Å²) in [7, 11) is 0. The summed E-state index contributed by atoms with van der Waals surface area (Å²) < 4.78 is 21.8. The lowest BCUT2D eigenvalue weighted by Gasteiger charge is -2.34. The highest BCUT2D eigenvalue weighted by molar-refractivity contribution is 6.31. The van der Waals surface area contributed by atoms with Crippen LogP contribution in [0.3, 0.4) is 0 Å². The number of rotatable bonds is 8. The molecule has 1 fully saturated rings. The molecule has 4 rings (SSSR count). The number of hydrogen-bond acceptors (Lipinski definition) is 5. The number of piperazine rings is 1. The van der Waals surface area contributed by atoms with Gasteiger partial charge in [-0.3, -0.25) is 14.5 Å². The van der Waals surface area contributed by atoms with Gasteiger partial charge in [-0.25, -0.2) is 9.37 Å². The Balaban J connectivity index is 1.30. The van der Waals surface area contributed by atoms with E-state index in [4.69, 9.17) is 16.3 Å². The minimum absolute atomic E-state index is 0.110. The van der Waals surface area contributed by atoms with Crippen molar-refractivity contribution in [2.24, 2.45) is 0 Å². The first-order valence-corrected chi connectivity index (χ1v) is 10.5. The summed E-state index contributed by atoms with van der Waals surface area (Å²) in [5.41, 5.74) is 1.48. The monoisotopic (exact) mass is 429 g/mol. The van der Waals surface area contributed by atoms with Crippen molar-refractivity contribution in [1.82, 2.24) is 24.6 Å². The van der Waals surface area contributed by atoms with Crippen molar-refractivity contribution in [1.29, 1.82) is 0 Å². The average molecular weight is 430 g/mol. The standard InChI is InChI=1S/C22H25ClFN5O/c23-20-5-3-6-21(24)19(20)15-30-22-7-2-1-4-18(22)14-28-10-8-27(9-11-28)12-13-29-17-25-16-26-29/h1-7,16-17H,8-15H2. The Kier molecular flexibility index (Phi) is 6.94. The molecule has 1 aliphatic heterocycles. The van der Waals surface area contributed by atoms with Gasteiger partial charge < -0.3 is 4.74 Å². The van der Waals surface area contributed by atoms with Crippen LogP contribution < -0.4 is 4.74 Å². The van der Waals surface area contributed by atoms with Crippen molar-refractivity contribution in [3.63, 3.8) is 0 Å². The molecule has 1 aliphatic rings. The number of aromatic nitrogens is 3. The van der Waals surface area contributed by atoms with E-state index in [1.54, 1.807) is 24.8 Å². The molecule has 1 saturated heterocycles. The van der Waals surface area contributed by atoms with E-state index in [1.807, 2.05) is 22.9 Å². The van der Waals surface area contributed by atoms with Crippen molar-refractivity contribution in [3.8, 4) is 5.75 Å². The van der Waals surface area contributed by atoms with Gasteiger partial charge in [-0.15, -0.1) is 0 Å². The molecule has 8 heteroatoms. The number of benzene rings is 2. The molecule has 2 aromatic carbocycles. The fourth-order valence-electron chi connectivity index (χ4n) is 3.60. The van der Waals surface area contributed by atoms with Gasteiger partial charge in [0.2, 0.25) is 0 Å². The lowest BCUT2D eigenvalue weighted by Crippen LogP contribution is -2.46. The summed E-state index contributed by atoms with van der Waals surface area (Å²) in [5, 5.41) is 4.54.